The molecule has 0 aromatic heterocycles. The molecule has 0 radical (unpaired) electrons. The van der Waals surface area contributed by atoms with Crippen molar-refractivity contribution in [2.75, 3.05) is 0 Å². The molecule has 1 aliphatic carbocycles. The topological polar surface area (TPSA) is 17.1 Å². The molecule has 0 heterocycles. The fourth-order valence-corrected chi connectivity index (χ4v) is 2.22. The highest BCUT2D eigenvalue weighted by Gasteiger charge is 2.51. The minimum absolute atomic E-state index is 0.114. The summed E-state index contributed by atoms with van der Waals surface area (Å²) in [6.45, 7) is 4.13. The number of Topliss-reactive ketones (excluding diaryl/α,β-unsaturated/α-hetero) is 1. The van der Waals surface area contributed by atoms with Crippen LogP contribution >= 0.6 is 0 Å². The van der Waals surface area contributed by atoms with Crippen LogP contribution in [0, 0.1) is 5.92 Å². The van der Waals surface area contributed by atoms with E-state index < -0.39 is 0 Å². The molecule has 0 unspecified atom stereocenters. The van der Waals surface area contributed by atoms with E-state index in [2.05, 4.69) is 19.1 Å². The van der Waals surface area contributed by atoms with E-state index in [1.54, 1.807) is 0 Å². The smallest absolute Gasteiger partial charge is 0.146 e. The van der Waals surface area contributed by atoms with Crippen LogP contribution in [0.3, 0.4) is 0 Å². The van der Waals surface area contributed by atoms with Gasteiger partial charge in [-0.2, -0.15) is 0 Å². The van der Waals surface area contributed by atoms with Crippen molar-refractivity contribution >= 4 is 5.78 Å². The van der Waals surface area contributed by atoms with Gasteiger partial charge in [0.2, 0.25) is 0 Å². The van der Waals surface area contributed by atoms with Gasteiger partial charge in [-0.1, -0.05) is 44.2 Å². The monoisotopic (exact) mass is 202 g/mol. The molecule has 1 aromatic carbocycles. The Balaban J connectivity index is 2.25. The molecule has 1 nitrogen and oxygen atoms in total. The van der Waals surface area contributed by atoms with Crippen molar-refractivity contribution in [3.8, 4) is 0 Å². The molecule has 1 aromatic rings. The molecule has 1 atom stereocenters. The second-order valence-corrected chi connectivity index (χ2v) is 4.62. The average molecular weight is 202 g/mol. The number of hydrogen-bond donors (Lipinski definition) is 0. The van der Waals surface area contributed by atoms with E-state index in [1.165, 1.54) is 5.56 Å². The van der Waals surface area contributed by atoms with E-state index in [0.717, 1.165) is 19.3 Å². The van der Waals surface area contributed by atoms with Gasteiger partial charge in [0.1, 0.15) is 5.78 Å². The molecule has 0 aliphatic heterocycles. The van der Waals surface area contributed by atoms with Crippen molar-refractivity contribution < 1.29 is 4.79 Å². The van der Waals surface area contributed by atoms with Crippen LogP contribution in [-0.4, -0.2) is 5.78 Å². The van der Waals surface area contributed by atoms with E-state index in [4.69, 9.17) is 0 Å². The van der Waals surface area contributed by atoms with Gasteiger partial charge in [0.25, 0.3) is 0 Å². The number of carbonyl (C=O) groups is 1. The Labute approximate surface area is 91.5 Å². The molecule has 0 N–H and O–H groups in total. The maximum Gasteiger partial charge on any atom is 0.146 e. The highest BCUT2D eigenvalue weighted by molar-refractivity contribution is 5.94. The molecule has 1 fully saturated rings. The van der Waals surface area contributed by atoms with Gasteiger partial charge in [0, 0.05) is 5.92 Å². The molecule has 1 heteroatoms. The first-order valence-corrected chi connectivity index (χ1v) is 5.80. The molecular formula is C14H18O. The number of rotatable bonds is 4. The van der Waals surface area contributed by atoms with E-state index >= 15 is 0 Å². The lowest BCUT2D eigenvalue weighted by molar-refractivity contribution is -0.125. The van der Waals surface area contributed by atoms with Gasteiger partial charge in [-0.15, -0.1) is 0 Å². The maximum atomic E-state index is 12.3. The molecule has 0 spiro atoms. The molecule has 0 saturated heterocycles. The molecule has 2 rings (SSSR count). The zero-order valence-electron chi connectivity index (χ0n) is 9.49. The summed E-state index contributed by atoms with van der Waals surface area (Å²) in [5, 5.41) is 0. The summed E-state index contributed by atoms with van der Waals surface area (Å²) < 4.78 is 0. The van der Waals surface area contributed by atoms with Crippen molar-refractivity contribution in [1.82, 2.24) is 0 Å². The first kappa shape index (κ1) is 10.4. The van der Waals surface area contributed by atoms with E-state index in [-0.39, 0.29) is 11.3 Å². The lowest BCUT2D eigenvalue weighted by Crippen LogP contribution is -2.26. The third-order valence-corrected chi connectivity index (χ3v) is 3.61. The van der Waals surface area contributed by atoms with Gasteiger partial charge in [-0.3, -0.25) is 4.79 Å². The number of hydrogen-bond acceptors (Lipinski definition) is 1. The van der Waals surface area contributed by atoms with Crippen LogP contribution < -0.4 is 0 Å². The lowest BCUT2D eigenvalue weighted by atomic mass is 9.84. The Morgan fingerprint density at radius 1 is 1.33 bits per heavy atom. The summed E-state index contributed by atoms with van der Waals surface area (Å²) in [7, 11) is 0. The SMILES string of the molecule is CC[C@@H](C)C(=O)C1(c2ccccc2)CC1. The summed E-state index contributed by atoms with van der Waals surface area (Å²) in [5.74, 6) is 0.643. The summed E-state index contributed by atoms with van der Waals surface area (Å²) in [5.41, 5.74) is 1.10. The molecule has 80 valence electrons. The molecule has 15 heavy (non-hydrogen) atoms. The minimum Gasteiger partial charge on any atom is -0.298 e. The standard InChI is InChI=1S/C14H18O/c1-3-11(2)13(15)14(9-10-14)12-7-5-4-6-8-12/h4-8,11H,3,9-10H2,1-2H3/t11-/m1/s1. The predicted molar refractivity (Wildman–Crippen MR) is 61.8 cm³/mol. The van der Waals surface area contributed by atoms with Crippen LogP contribution in [-0.2, 0) is 10.2 Å². The van der Waals surface area contributed by atoms with Crippen LogP contribution in [0.2, 0.25) is 0 Å². The van der Waals surface area contributed by atoms with E-state index in [0.29, 0.717) is 5.78 Å². The maximum absolute atomic E-state index is 12.3. The summed E-state index contributed by atoms with van der Waals surface area (Å²) in [6, 6.07) is 10.2. The zero-order valence-corrected chi connectivity index (χ0v) is 9.49. The van der Waals surface area contributed by atoms with Gasteiger partial charge >= 0.3 is 0 Å². The largest absolute Gasteiger partial charge is 0.298 e. The first-order valence-electron chi connectivity index (χ1n) is 5.80. The molecular weight excluding hydrogens is 184 g/mol. The van der Waals surface area contributed by atoms with Gasteiger partial charge in [0.15, 0.2) is 0 Å². The Morgan fingerprint density at radius 3 is 2.40 bits per heavy atom. The zero-order chi connectivity index (χ0) is 10.9. The average Bonchev–Trinajstić information content (AvgIpc) is 3.09. The summed E-state index contributed by atoms with van der Waals surface area (Å²) in [6.07, 6.45) is 3.04. The van der Waals surface area contributed by atoms with Crippen LogP contribution in [0.1, 0.15) is 38.7 Å². The fraction of sp³-hybridized carbons (Fsp3) is 0.500. The third-order valence-electron chi connectivity index (χ3n) is 3.61. The van der Waals surface area contributed by atoms with Crippen LogP contribution in [0.15, 0.2) is 30.3 Å². The summed E-state index contributed by atoms with van der Waals surface area (Å²) in [4.78, 5) is 12.3. The van der Waals surface area contributed by atoms with Gasteiger partial charge < -0.3 is 0 Å². The van der Waals surface area contributed by atoms with Crippen LogP contribution in [0.5, 0.6) is 0 Å². The van der Waals surface area contributed by atoms with Gasteiger partial charge in [0.05, 0.1) is 5.41 Å². The predicted octanol–water partition coefficient (Wildman–Crippen LogP) is 3.33. The lowest BCUT2D eigenvalue weighted by Gasteiger charge is -2.18. The molecule has 1 saturated carbocycles. The van der Waals surface area contributed by atoms with E-state index in [1.807, 2.05) is 25.1 Å². The Hall–Kier alpha value is -1.11. The molecule has 0 bridgehead atoms. The normalized spacial score (nSPS) is 19.6. The second-order valence-electron chi connectivity index (χ2n) is 4.62. The fourth-order valence-electron chi connectivity index (χ4n) is 2.22. The quantitative estimate of drug-likeness (QED) is 0.732. The van der Waals surface area contributed by atoms with Crippen LogP contribution in [0.4, 0.5) is 0 Å². The van der Waals surface area contributed by atoms with Gasteiger partial charge in [-0.05, 0) is 24.8 Å². The van der Waals surface area contributed by atoms with Gasteiger partial charge in [-0.25, -0.2) is 0 Å². The van der Waals surface area contributed by atoms with Crippen molar-refractivity contribution in [2.45, 2.75) is 38.5 Å². The number of benzene rings is 1. The minimum atomic E-state index is -0.114. The van der Waals surface area contributed by atoms with E-state index in [9.17, 15) is 4.79 Å². The highest BCUT2D eigenvalue weighted by atomic mass is 16.1. The summed E-state index contributed by atoms with van der Waals surface area (Å²) >= 11 is 0. The number of ketones is 1. The molecule has 1 aliphatic rings. The Bertz CT molecular complexity index is 349. The van der Waals surface area contributed by atoms with Crippen molar-refractivity contribution in [2.24, 2.45) is 5.92 Å². The Morgan fingerprint density at radius 2 is 1.93 bits per heavy atom. The highest BCUT2D eigenvalue weighted by Crippen LogP contribution is 2.50. The second kappa shape index (κ2) is 3.80. The van der Waals surface area contributed by atoms with Crippen LogP contribution in [0.25, 0.3) is 0 Å². The van der Waals surface area contributed by atoms with Crippen molar-refractivity contribution in [3.63, 3.8) is 0 Å². The first-order chi connectivity index (χ1) is 7.20. The molecule has 0 amide bonds. The Kier molecular flexibility index (Phi) is 2.64. The number of carbonyl (C=O) groups excluding carboxylic acids is 1. The van der Waals surface area contributed by atoms with Crippen molar-refractivity contribution in [1.29, 1.82) is 0 Å². The van der Waals surface area contributed by atoms with Crippen molar-refractivity contribution in [3.05, 3.63) is 35.9 Å². The third kappa shape index (κ3) is 1.71.